The number of benzene rings is 1. The zero-order valence-electron chi connectivity index (χ0n) is 9.89. The number of hydrogen-bond acceptors (Lipinski definition) is 1. The summed E-state index contributed by atoms with van der Waals surface area (Å²) in [5, 5.41) is 0.436. The molecule has 3 heteroatoms. The van der Waals surface area contributed by atoms with E-state index in [1.54, 1.807) is 12.1 Å². The molecule has 0 aliphatic carbocycles. The zero-order valence-corrected chi connectivity index (χ0v) is 10.6. The van der Waals surface area contributed by atoms with Gasteiger partial charge in [-0.3, -0.25) is 0 Å². The third-order valence-corrected chi connectivity index (χ3v) is 3.21. The summed E-state index contributed by atoms with van der Waals surface area (Å²) in [5.74, 6) is -0.233. The number of halogens is 2. The third kappa shape index (κ3) is 3.46. The van der Waals surface area contributed by atoms with Gasteiger partial charge in [0.05, 0.1) is 0 Å². The van der Waals surface area contributed by atoms with Crippen LogP contribution in [0.5, 0.6) is 0 Å². The third-order valence-electron chi connectivity index (χ3n) is 2.98. The summed E-state index contributed by atoms with van der Waals surface area (Å²) in [7, 11) is 0. The Morgan fingerprint density at radius 3 is 2.62 bits per heavy atom. The lowest BCUT2D eigenvalue weighted by atomic mass is 9.80. The highest BCUT2D eigenvalue weighted by atomic mass is 35.5. The average Bonchev–Trinajstić information content (AvgIpc) is 2.23. The molecule has 16 heavy (non-hydrogen) atoms. The van der Waals surface area contributed by atoms with Crippen molar-refractivity contribution in [1.82, 2.24) is 0 Å². The second-order valence-electron chi connectivity index (χ2n) is 4.68. The molecule has 0 heterocycles. The van der Waals surface area contributed by atoms with Gasteiger partial charge in [0, 0.05) is 5.02 Å². The normalized spacial score (nSPS) is 14.8. The fourth-order valence-corrected chi connectivity index (χ4v) is 2.15. The van der Waals surface area contributed by atoms with Gasteiger partial charge < -0.3 is 5.73 Å². The van der Waals surface area contributed by atoms with Crippen LogP contribution in [0.2, 0.25) is 5.02 Å². The van der Waals surface area contributed by atoms with Gasteiger partial charge in [-0.25, -0.2) is 4.39 Å². The average molecular weight is 244 g/mol. The van der Waals surface area contributed by atoms with Gasteiger partial charge in [-0.2, -0.15) is 0 Å². The van der Waals surface area contributed by atoms with E-state index in [4.69, 9.17) is 17.3 Å². The monoisotopic (exact) mass is 243 g/mol. The maximum absolute atomic E-state index is 13.6. The van der Waals surface area contributed by atoms with Crippen LogP contribution in [-0.4, -0.2) is 6.54 Å². The maximum atomic E-state index is 13.6. The van der Waals surface area contributed by atoms with Gasteiger partial charge in [0.25, 0.3) is 0 Å². The van der Waals surface area contributed by atoms with Gasteiger partial charge in [0.1, 0.15) is 5.82 Å². The molecule has 1 rings (SSSR count). The molecule has 0 saturated carbocycles. The summed E-state index contributed by atoms with van der Waals surface area (Å²) in [4.78, 5) is 0. The molecule has 0 aliphatic rings. The second kappa shape index (κ2) is 5.65. The molecule has 0 aromatic heterocycles. The molecule has 1 atom stereocenters. The fraction of sp³-hybridized carbons (Fsp3) is 0.538. The van der Waals surface area contributed by atoms with E-state index in [-0.39, 0.29) is 11.2 Å². The Bertz CT molecular complexity index is 354. The van der Waals surface area contributed by atoms with Crippen LogP contribution in [0.1, 0.15) is 32.3 Å². The van der Waals surface area contributed by atoms with Gasteiger partial charge in [-0.15, -0.1) is 0 Å². The Morgan fingerprint density at radius 2 is 2.12 bits per heavy atom. The standard InChI is InChI=1S/C13H19ClFN/c1-3-6-13(2,9-16)8-10-4-5-11(14)7-12(10)15/h4-5,7H,3,6,8-9,16H2,1-2H3. The van der Waals surface area contributed by atoms with Crippen molar-refractivity contribution in [3.8, 4) is 0 Å². The Balaban J connectivity index is 2.85. The van der Waals surface area contributed by atoms with Crippen molar-refractivity contribution in [3.05, 3.63) is 34.6 Å². The molecule has 90 valence electrons. The zero-order chi connectivity index (χ0) is 12.2. The van der Waals surface area contributed by atoms with Gasteiger partial charge >= 0.3 is 0 Å². The molecular weight excluding hydrogens is 225 g/mol. The first-order chi connectivity index (χ1) is 7.50. The highest BCUT2D eigenvalue weighted by Gasteiger charge is 2.23. The molecule has 0 fully saturated rings. The van der Waals surface area contributed by atoms with Crippen LogP contribution in [0.15, 0.2) is 18.2 Å². The molecule has 0 amide bonds. The van der Waals surface area contributed by atoms with Crippen LogP contribution < -0.4 is 5.73 Å². The lowest BCUT2D eigenvalue weighted by Gasteiger charge is -2.27. The lowest BCUT2D eigenvalue weighted by molar-refractivity contribution is 0.298. The Labute approximate surface area is 102 Å². The number of nitrogens with two attached hydrogens (primary N) is 1. The van der Waals surface area contributed by atoms with Crippen molar-refractivity contribution in [2.75, 3.05) is 6.54 Å². The summed E-state index contributed by atoms with van der Waals surface area (Å²) in [6.45, 7) is 4.79. The van der Waals surface area contributed by atoms with Gasteiger partial charge in [0.15, 0.2) is 0 Å². The molecule has 0 saturated heterocycles. The summed E-state index contributed by atoms with van der Waals surface area (Å²) < 4.78 is 13.6. The summed E-state index contributed by atoms with van der Waals surface area (Å²) in [6, 6.07) is 4.84. The van der Waals surface area contributed by atoms with Crippen molar-refractivity contribution in [3.63, 3.8) is 0 Å². The van der Waals surface area contributed by atoms with E-state index in [0.29, 0.717) is 23.6 Å². The van der Waals surface area contributed by atoms with E-state index >= 15 is 0 Å². The molecule has 1 nitrogen and oxygen atoms in total. The van der Waals surface area contributed by atoms with Crippen LogP contribution >= 0.6 is 11.6 Å². The maximum Gasteiger partial charge on any atom is 0.127 e. The van der Waals surface area contributed by atoms with E-state index in [2.05, 4.69) is 13.8 Å². The molecule has 0 radical (unpaired) electrons. The largest absolute Gasteiger partial charge is 0.330 e. The molecule has 2 N–H and O–H groups in total. The van der Waals surface area contributed by atoms with E-state index in [1.165, 1.54) is 6.07 Å². The first-order valence-corrected chi connectivity index (χ1v) is 6.02. The van der Waals surface area contributed by atoms with Gasteiger partial charge in [-0.05, 0) is 42.5 Å². The quantitative estimate of drug-likeness (QED) is 0.837. The van der Waals surface area contributed by atoms with Gasteiger partial charge in [-0.1, -0.05) is 37.9 Å². The second-order valence-corrected chi connectivity index (χ2v) is 5.11. The lowest BCUT2D eigenvalue weighted by Crippen LogP contribution is -2.29. The molecule has 0 aliphatic heterocycles. The minimum Gasteiger partial charge on any atom is -0.330 e. The van der Waals surface area contributed by atoms with E-state index < -0.39 is 0 Å². The topological polar surface area (TPSA) is 26.0 Å². The van der Waals surface area contributed by atoms with Crippen LogP contribution in [-0.2, 0) is 6.42 Å². The Hall–Kier alpha value is -0.600. The minimum atomic E-state index is -0.233. The summed E-state index contributed by atoms with van der Waals surface area (Å²) in [6.07, 6.45) is 2.73. The van der Waals surface area contributed by atoms with Crippen LogP contribution in [0.3, 0.4) is 0 Å². The number of rotatable bonds is 5. The van der Waals surface area contributed by atoms with Crippen molar-refractivity contribution >= 4 is 11.6 Å². The van der Waals surface area contributed by atoms with Crippen molar-refractivity contribution < 1.29 is 4.39 Å². The smallest absolute Gasteiger partial charge is 0.127 e. The SMILES string of the molecule is CCCC(C)(CN)Cc1ccc(Cl)cc1F. The van der Waals surface area contributed by atoms with Crippen molar-refractivity contribution in [1.29, 1.82) is 0 Å². The molecule has 1 aromatic carbocycles. The Morgan fingerprint density at radius 1 is 1.44 bits per heavy atom. The highest BCUT2D eigenvalue weighted by molar-refractivity contribution is 6.30. The fourth-order valence-electron chi connectivity index (χ4n) is 1.99. The number of hydrogen-bond donors (Lipinski definition) is 1. The highest BCUT2D eigenvalue weighted by Crippen LogP contribution is 2.28. The van der Waals surface area contributed by atoms with Crippen LogP contribution in [0.25, 0.3) is 0 Å². The predicted octanol–water partition coefficient (Wildman–Crippen LogP) is 3.79. The molecule has 0 spiro atoms. The first-order valence-electron chi connectivity index (χ1n) is 5.65. The predicted molar refractivity (Wildman–Crippen MR) is 67.2 cm³/mol. The van der Waals surface area contributed by atoms with Crippen LogP contribution in [0, 0.1) is 11.2 Å². The molecular formula is C13H19ClFN. The van der Waals surface area contributed by atoms with Crippen LogP contribution in [0.4, 0.5) is 4.39 Å². The van der Waals surface area contributed by atoms with Gasteiger partial charge in [0.2, 0.25) is 0 Å². The van der Waals surface area contributed by atoms with E-state index in [9.17, 15) is 4.39 Å². The Kier molecular flexibility index (Phi) is 4.75. The molecule has 1 unspecified atom stereocenters. The first kappa shape index (κ1) is 13.5. The minimum absolute atomic E-state index is 0.0244. The summed E-state index contributed by atoms with van der Waals surface area (Å²) >= 11 is 5.72. The van der Waals surface area contributed by atoms with E-state index in [0.717, 1.165) is 12.8 Å². The van der Waals surface area contributed by atoms with Crippen molar-refractivity contribution in [2.24, 2.45) is 11.1 Å². The van der Waals surface area contributed by atoms with Crippen molar-refractivity contribution in [2.45, 2.75) is 33.1 Å². The molecule has 0 bridgehead atoms. The summed E-state index contributed by atoms with van der Waals surface area (Å²) in [5.41, 5.74) is 6.45. The molecule has 1 aromatic rings. The van der Waals surface area contributed by atoms with E-state index in [1.807, 2.05) is 0 Å².